The van der Waals surface area contributed by atoms with Gasteiger partial charge in [-0.25, -0.2) is 6.42 Å². The third-order valence-corrected chi connectivity index (χ3v) is 3.21. The summed E-state index contributed by atoms with van der Waals surface area (Å²) in [6.45, 7) is 5.99. The minimum atomic E-state index is 0. The molecule has 0 aliphatic carbocycles. The third-order valence-electron chi connectivity index (χ3n) is 3.21. The van der Waals surface area contributed by atoms with Gasteiger partial charge in [0.2, 0.25) is 0 Å². The van der Waals surface area contributed by atoms with Crippen LogP contribution in [0, 0.1) is 6.42 Å². The zero-order valence-corrected chi connectivity index (χ0v) is 22.9. The van der Waals surface area contributed by atoms with Crippen LogP contribution in [0.1, 0.15) is 26.5 Å². The third kappa shape index (κ3) is 4.58. The van der Waals surface area contributed by atoms with E-state index in [-0.39, 0.29) is 26.2 Å². The molecule has 0 aliphatic rings. The maximum Gasteiger partial charge on any atom is 0.115 e. The minimum absolute atomic E-state index is 0. The number of aromatic hydroxyl groups is 1. The van der Waals surface area contributed by atoms with Crippen LogP contribution in [-0.2, 0) is 20.4 Å². The topological polar surface area (TPSA) is 33.1 Å². The van der Waals surface area contributed by atoms with Crippen LogP contribution < -0.4 is 0 Å². The van der Waals surface area contributed by atoms with E-state index in [1.54, 1.807) is 12.1 Å². The molecule has 4 heteroatoms. The van der Waals surface area contributed by atoms with Crippen LogP contribution in [0.15, 0.2) is 54.6 Å². The molecule has 0 aliphatic heterocycles. The monoisotopic (exact) mass is 732 g/mol. The van der Waals surface area contributed by atoms with E-state index in [0.29, 0.717) is 0 Å². The molecule has 1 N–H and O–H groups in total. The van der Waals surface area contributed by atoms with E-state index in [1.165, 1.54) is 0 Å². The molecule has 0 atom stereocenters. The Hall–Kier alpha value is -2.82. The summed E-state index contributed by atoms with van der Waals surface area (Å²) in [7, 11) is 0. The molecular weight excluding hydrogens is 711 g/mol. The molecular formula is C19H20NOReRf-. The van der Waals surface area contributed by atoms with Crippen LogP contribution in [0.2, 0.25) is 0 Å². The quantitative estimate of drug-likeness (QED) is 0.368. The van der Waals surface area contributed by atoms with Gasteiger partial charge in [0.1, 0.15) is 5.75 Å². The Morgan fingerprint density at radius 3 is 2.09 bits per heavy atom. The molecule has 3 aromatic rings. The van der Waals surface area contributed by atoms with E-state index in [1.807, 2.05) is 51.5 Å². The molecule has 0 amide bonds. The molecule has 0 spiro atoms. The molecule has 0 fully saturated rings. The van der Waals surface area contributed by atoms with Crippen molar-refractivity contribution in [1.29, 1.82) is 0 Å². The van der Waals surface area contributed by atoms with Gasteiger partial charge in [-0.2, -0.15) is 6.07 Å². The van der Waals surface area contributed by atoms with E-state index < -0.39 is 0 Å². The average Bonchev–Trinajstić information content (AvgIpc) is 2.56. The van der Waals surface area contributed by atoms with Gasteiger partial charge in [-0.05, 0) is 40.8 Å². The first-order valence-corrected chi connectivity index (χ1v) is 7.26. The first kappa shape index (κ1) is 20.2. The average molecular weight is 732 g/mol. The summed E-state index contributed by atoms with van der Waals surface area (Å²) >= 11 is 0. The van der Waals surface area contributed by atoms with E-state index in [9.17, 15) is 5.11 Å². The number of hydrogen-bond acceptors (Lipinski definition) is 2. The summed E-state index contributed by atoms with van der Waals surface area (Å²) < 4.78 is 0. The van der Waals surface area contributed by atoms with Crippen molar-refractivity contribution in [2.24, 2.45) is 0 Å². The van der Waals surface area contributed by atoms with Crippen molar-refractivity contribution in [3.63, 3.8) is 0 Å². The molecule has 1 aromatic heterocycles. The molecule has 23 heavy (non-hydrogen) atoms. The van der Waals surface area contributed by atoms with Crippen molar-refractivity contribution in [2.75, 3.05) is 0 Å². The van der Waals surface area contributed by atoms with Crippen molar-refractivity contribution in [1.82, 2.24) is 4.98 Å². The smallest absolute Gasteiger partial charge is 0.115 e. The van der Waals surface area contributed by atoms with Gasteiger partial charge in [-0.3, -0.25) is 4.98 Å². The standard InChI is InChI=1S/C17H14NO.C2H6.Re.Rf/c1-2-15-7-3-14-11-13(6-10-17(14)18-15)12-4-8-16(19)9-5-12;1-2;;/h2-11,19H,1H3;1-2H3;;/q-1;;;. The SMILES string of the molecule is CC.C[CH-]c1ccc2cc(-c3ccc(O)cc3)ccc2n1.[Re].[Rf]. The number of hydrogen-bond donors (Lipinski definition) is 1. The fraction of sp³-hybridized carbons (Fsp3) is 0.158. The second-order valence-corrected chi connectivity index (χ2v) is 4.48. The second kappa shape index (κ2) is 9.25. The number of aromatic nitrogens is 1. The Balaban J connectivity index is 0.00000117. The van der Waals surface area contributed by atoms with Crippen molar-refractivity contribution in [3.8, 4) is 16.9 Å². The maximum atomic E-state index is 9.32. The zero-order chi connectivity index (χ0) is 15.2. The molecule has 117 valence electrons. The van der Waals surface area contributed by atoms with Crippen molar-refractivity contribution >= 4 is 10.9 Å². The number of benzene rings is 2. The van der Waals surface area contributed by atoms with Crippen LogP contribution in [0.4, 0.5) is 0 Å². The fourth-order valence-electron chi connectivity index (χ4n) is 2.14. The van der Waals surface area contributed by atoms with Gasteiger partial charge >= 0.3 is 0 Å². The molecule has 1 heterocycles. The molecule has 2 aromatic carbocycles. The Kier molecular flexibility index (Phi) is 8.12. The number of rotatable bonds is 2. The van der Waals surface area contributed by atoms with Gasteiger partial charge in [0.05, 0.1) is 5.52 Å². The largest absolute Gasteiger partial charge is 0.508 e. The summed E-state index contributed by atoms with van der Waals surface area (Å²) in [5, 5.41) is 10.4. The summed E-state index contributed by atoms with van der Waals surface area (Å²) in [4.78, 5) is 4.55. The van der Waals surface area contributed by atoms with Crippen LogP contribution in [0.3, 0.4) is 0 Å². The second-order valence-electron chi connectivity index (χ2n) is 4.48. The first-order chi connectivity index (χ1) is 10.3. The molecule has 0 saturated carbocycles. The number of phenols is 1. The summed E-state index contributed by atoms with van der Waals surface area (Å²) in [5.74, 6) is 0.286. The predicted octanol–water partition coefficient (Wildman–Crippen LogP) is 5.20. The molecule has 0 bridgehead atoms. The van der Waals surface area contributed by atoms with Crippen LogP contribution >= 0.6 is 0 Å². The van der Waals surface area contributed by atoms with Crippen molar-refractivity contribution in [3.05, 3.63) is 66.7 Å². The van der Waals surface area contributed by atoms with E-state index in [2.05, 4.69) is 23.2 Å². The first-order valence-electron chi connectivity index (χ1n) is 7.26. The molecule has 2 nitrogen and oxygen atoms in total. The normalized spacial score (nSPS) is 9.00. The van der Waals surface area contributed by atoms with Gasteiger partial charge in [0.15, 0.2) is 0 Å². The number of pyridine rings is 1. The Morgan fingerprint density at radius 1 is 0.870 bits per heavy atom. The number of nitrogens with zero attached hydrogens (tertiary/aromatic N) is 1. The minimum Gasteiger partial charge on any atom is -0.508 e. The van der Waals surface area contributed by atoms with Crippen LogP contribution in [-0.4, -0.2) is 10.1 Å². The fourth-order valence-corrected chi connectivity index (χ4v) is 2.14. The Bertz CT molecular complexity index is 729. The maximum absolute atomic E-state index is 9.32. The van der Waals surface area contributed by atoms with Gasteiger partial charge in [0, 0.05) is 20.4 Å². The Labute approximate surface area is 145 Å². The summed E-state index contributed by atoms with van der Waals surface area (Å²) in [5.41, 5.74) is 4.20. The van der Waals surface area contributed by atoms with Crippen LogP contribution in [0.5, 0.6) is 5.75 Å². The van der Waals surface area contributed by atoms with Gasteiger partial charge in [-0.15, -0.1) is 13.0 Å². The predicted molar refractivity (Wildman–Crippen MR) is 89.3 cm³/mol. The molecule has 0 unspecified atom stereocenters. The van der Waals surface area contributed by atoms with E-state index in [4.69, 9.17) is 0 Å². The summed E-state index contributed by atoms with van der Waals surface area (Å²) in [6, 6.07) is 17.5. The zero-order valence-electron chi connectivity index (χ0n) is 13.8. The Morgan fingerprint density at radius 2 is 1.48 bits per heavy atom. The van der Waals surface area contributed by atoms with Crippen molar-refractivity contribution < 1.29 is 25.5 Å². The van der Waals surface area contributed by atoms with E-state index in [0.717, 1.165) is 27.7 Å². The number of phenolic OH excluding ortho intramolecular Hbond substituents is 1. The van der Waals surface area contributed by atoms with Crippen LogP contribution in [0.25, 0.3) is 22.0 Å². The molecule has 3 rings (SSSR count). The van der Waals surface area contributed by atoms with Gasteiger partial charge in [0.25, 0.3) is 0 Å². The van der Waals surface area contributed by atoms with Gasteiger partial charge in [-0.1, -0.05) is 37.7 Å². The molecule has 1 radical (unpaired) electrons. The van der Waals surface area contributed by atoms with Crippen molar-refractivity contribution in [2.45, 2.75) is 20.8 Å². The van der Waals surface area contributed by atoms with E-state index >= 15 is 0 Å². The summed E-state index contributed by atoms with van der Waals surface area (Å²) in [6.07, 6.45) is 1.99. The number of fused-ring (bicyclic) bond motifs is 1. The van der Waals surface area contributed by atoms with Gasteiger partial charge < -0.3 is 5.11 Å². The molecule has 0 saturated heterocycles.